The number of hydrogen-bond acceptors (Lipinski definition) is 4. The molecule has 0 saturated heterocycles. The first-order valence-corrected chi connectivity index (χ1v) is 17.1. The Morgan fingerprint density at radius 3 is 1.31 bits per heavy atom. The van der Waals surface area contributed by atoms with E-state index in [1.807, 2.05) is 66.7 Å². The molecule has 0 radical (unpaired) electrons. The van der Waals surface area contributed by atoms with Crippen molar-refractivity contribution in [1.82, 2.24) is 19.9 Å². The van der Waals surface area contributed by atoms with E-state index >= 15 is 0 Å². The molecule has 2 heterocycles. The summed E-state index contributed by atoms with van der Waals surface area (Å²) >= 11 is 0. The van der Waals surface area contributed by atoms with E-state index < -0.39 is 0 Å². The van der Waals surface area contributed by atoms with Crippen molar-refractivity contribution in [2.24, 2.45) is 0 Å². The van der Waals surface area contributed by atoms with Crippen LogP contribution in [0, 0.1) is 6.92 Å². The lowest BCUT2D eigenvalue weighted by atomic mass is 9.94. The summed E-state index contributed by atoms with van der Waals surface area (Å²) in [5.74, 6) is 1.91. The zero-order valence-corrected chi connectivity index (χ0v) is 28.0. The van der Waals surface area contributed by atoms with E-state index in [1.54, 1.807) is 0 Å². The van der Waals surface area contributed by atoms with Gasteiger partial charge in [0.15, 0.2) is 17.5 Å². The molecule has 0 bridgehead atoms. The van der Waals surface area contributed by atoms with Gasteiger partial charge in [-0.2, -0.15) is 0 Å². The molecule has 51 heavy (non-hydrogen) atoms. The topological polar surface area (TPSA) is 51.6 Å². The van der Waals surface area contributed by atoms with Crippen LogP contribution in [0.4, 0.5) is 0 Å². The molecule has 4 heteroatoms. The van der Waals surface area contributed by atoms with Gasteiger partial charge < -0.3 is 0 Å². The lowest BCUT2D eigenvalue weighted by molar-refractivity contribution is 1.07. The Balaban J connectivity index is 1.20. The lowest BCUT2D eigenvalue weighted by Gasteiger charge is -2.13. The fourth-order valence-corrected chi connectivity index (χ4v) is 6.72. The van der Waals surface area contributed by atoms with Crippen molar-refractivity contribution in [3.8, 4) is 67.7 Å². The minimum absolute atomic E-state index is 0.626. The quantitative estimate of drug-likeness (QED) is 0.168. The molecule has 7 aromatic carbocycles. The van der Waals surface area contributed by atoms with E-state index in [4.69, 9.17) is 19.9 Å². The highest BCUT2D eigenvalue weighted by Gasteiger charge is 2.16. The summed E-state index contributed by atoms with van der Waals surface area (Å²) in [6.07, 6.45) is 0. The van der Waals surface area contributed by atoms with Gasteiger partial charge in [-0.3, -0.25) is 0 Å². The van der Waals surface area contributed by atoms with Crippen molar-refractivity contribution in [3.63, 3.8) is 0 Å². The average Bonchev–Trinajstić information content (AvgIpc) is 3.21. The molecular formula is C47H32N4. The second kappa shape index (κ2) is 12.9. The fourth-order valence-electron chi connectivity index (χ4n) is 6.72. The molecule has 0 atom stereocenters. The Hall–Kier alpha value is -6.78. The maximum Gasteiger partial charge on any atom is 0.164 e. The number of hydrogen-bond donors (Lipinski definition) is 0. The molecule has 9 rings (SSSR count). The van der Waals surface area contributed by atoms with Crippen molar-refractivity contribution in [3.05, 3.63) is 181 Å². The Labute approximate surface area is 296 Å². The van der Waals surface area contributed by atoms with Crippen LogP contribution in [0.5, 0.6) is 0 Å². The number of benzene rings is 7. The number of para-hydroxylation sites is 1. The van der Waals surface area contributed by atoms with Gasteiger partial charge in [0.1, 0.15) is 0 Å². The van der Waals surface area contributed by atoms with E-state index in [0.29, 0.717) is 17.5 Å². The first kappa shape index (κ1) is 30.3. The van der Waals surface area contributed by atoms with Crippen molar-refractivity contribution in [1.29, 1.82) is 0 Å². The van der Waals surface area contributed by atoms with Gasteiger partial charge in [-0.1, -0.05) is 157 Å². The first-order chi connectivity index (χ1) is 25.2. The Kier molecular flexibility index (Phi) is 7.67. The third kappa shape index (κ3) is 5.94. The molecule has 9 aromatic rings. The molecule has 0 fully saturated rings. The summed E-state index contributed by atoms with van der Waals surface area (Å²) in [6, 6.07) is 61.1. The van der Waals surface area contributed by atoms with E-state index in [1.165, 1.54) is 10.9 Å². The second-order valence-corrected chi connectivity index (χ2v) is 12.8. The zero-order chi connectivity index (χ0) is 34.1. The van der Waals surface area contributed by atoms with Crippen LogP contribution in [0.25, 0.3) is 89.4 Å². The monoisotopic (exact) mass is 652 g/mol. The van der Waals surface area contributed by atoms with Gasteiger partial charge in [0.2, 0.25) is 0 Å². The summed E-state index contributed by atoms with van der Waals surface area (Å²) in [7, 11) is 0. The van der Waals surface area contributed by atoms with E-state index in [-0.39, 0.29) is 0 Å². The summed E-state index contributed by atoms with van der Waals surface area (Å²) in [5, 5.41) is 3.52. The van der Waals surface area contributed by atoms with Crippen LogP contribution in [-0.2, 0) is 0 Å². The largest absolute Gasteiger partial charge is 0.247 e. The molecule has 0 unspecified atom stereocenters. The Bertz CT molecular complexity index is 2610. The van der Waals surface area contributed by atoms with Crippen molar-refractivity contribution in [2.75, 3.05) is 0 Å². The van der Waals surface area contributed by atoms with Crippen LogP contribution in [0.1, 0.15) is 5.56 Å². The molecule has 2 aromatic heterocycles. The molecule has 4 nitrogen and oxygen atoms in total. The van der Waals surface area contributed by atoms with E-state index in [9.17, 15) is 0 Å². The van der Waals surface area contributed by atoms with Gasteiger partial charge in [0, 0.05) is 33.0 Å². The van der Waals surface area contributed by atoms with Crippen LogP contribution >= 0.6 is 0 Å². The SMILES string of the molecule is Cc1ccc(-c2cc(-c3ccc(-c4nc5ccccc5c5ccccc45)cc3)cc(-c3nc(-c4ccccc4)nc(-c4ccccc4)n3)c2)cc1. The van der Waals surface area contributed by atoms with Crippen molar-refractivity contribution >= 4 is 21.7 Å². The van der Waals surface area contributed by atoms with Crippen LogP contribution in [0.3, 0.4) is 0 Å². The minimum atomic E-state index is 0.626. The normalized spacial score (nSPS) is 11.2. The van der Waals surface area contributed by atoms with Crippen LogP contribution < -0.4 is 0 Å². The number of fused-ring (bicyclic) bond motifs is 3. The van der Waals surface area contributed by atoms with Gasteiger partial charge in [-0.25, -0.2) is 19.9 Å². The molecule has 0 aliphatic rings. The van der Waals surface area contributed by atoms with Crippen LogP contribution in [-0.4, -0.2) is 19.9 Å². The van der Waals surface area contributed by atoms with Gasteiger partial charge >= 0.3 is 0 Å². The number of pyridine rings is 1. The summed E-state index contributed by atoms with van der Waals surface area (Å²) in [6.45, 7) is 2.11. The highest BCUT2D eigenvalue weighted by molar-refractivity contribution is 6.10. The van der Waals surface area contributed by atoms with Crippen molar-refractivity contribution < 1.29 is 0 Å². The summed E-state index contributed by atoms with van der Waals surface area (Å²) in [5.41, 5.74) is 11.5. The fraction of sp³-hybridized carbons (Fsp3) is 0.0213. The lowest BCUT2D eigenvalue weighted by Crippen LogP contribution is -2.00. The van der Waals surface area contributed by atoms with Gasteiger partial charge in [0.05, 0.1) is 11.2 Å². The second-order valence-electron chi connectivity index (χ2n) is 12.8. The highest BCUT2D eigenvalue weighted by atomic mass is 15.0. The molecule has 0 amide bonds. The van der Waals surface area contributed by atoms with Gasteiger partial charge in [-0.05, 0) is 58.8 Å². The molecular weight excluding hydrogens is 621 g/mol. The third-order valence-corrected chi connectivity index (χ3v) is 9.38. The number of aromatic nitrogens is 4. The smallest absolute Gasteiger partial charge is 0.164 e. The molecule has 0 aliphatic carbocycles. The molecule has 240 valence electrons. The molecule has 0 saturated carbocycles. The Morgan fingerprint density at radius 2 is 0.725 bits per heavy atom. The predicted molar refractivity (Wildman–Crippen MR) is 210 cm³/mol. The van der Waals surface area contributed by atoms with Crippen LogP contribution in [0.2, 0.25) is 0 Å². The maximum atomic E-state index is 5.13. The average molecular weight is 653 g/mol. The maximum absolute atomic E-state index is 5.13. The van der Waals surface area contributed by atoms with E-state index in [2.05, 4.69) is 116 Å². The standard InChI is InChI=1S/C47H32N4/c1-31-20-22-32(23-21-31)37-28-38(33-24-26-34(27-25-33)44-42-18-9-8-16-40(42)41-17-10-11-19-43(41)48-44)30-39(29-37)47-50-45(35-12-4-2-5-13-35)49-46(51-47)36-14-6-3-7-15-36/h2-30H,1H3. The third-order valence-electron chi connectivity index (χ3n) is 9.38. The van der Waals surface area contributed by atoms with Crippen LogP contribution in [0.15, 0.2) is 176 Å². The Morgan fingerprint density at radius 1 is 0.294 bits per heavy atom. The van der Waals surface area contributed by atoms with Crippen molar-refractivity contribution in [2.45, 2.75) is 6.92 Å². The highest BCUT2D eigenvalue weighted by Crippen LogP contribution is 2.36. The molecule has 0 spiro atoms. The minimum Gasteiger partial charge on any atom is -0.247 e. The van der Waals surface area contributed by atoms with Gasteiger partial charge in [-0.15, -0.1) is 0 Å². The molecule has 0 N–H and O–H groups in total. The van der Waals surface area contributed by atoms with E-state index in [0.717, 1.165) is 66.5 Å². The number of nitrogens with zero attached hydrogens (tertiary/aromatic N) is 4. The molecule has 0 aliphatic heterocycles. The first-order valence-electron chi connectivity index (χ1n) is 17.1. The zero-order valence-electron chi connectivity index (χ0n) is 28.0. The number of aryl methyl sites for hydroxylation is 1. The number of rotatable bonds is 6. The predicted octanol–water partition coefficient (Wildman–Crippen LogP) is 11.9. The summed E-state index contributed by atoms with van der Waals surface area (Å²) in [4.78, 5) is 20.2. The van der Waals surface area contributed by atoms with Gasteiger partial charge in [0.25, 0.3) is 0 Å². The summed E-state index contributed by atoms with van der Waals surface area (Å²) < 4.78 is 0.